The summed E-state index contributed by atoms with van der Waals surface area (Å²) in [5.41, 5.74) is 0. The minimum atomic E-state index is -4.15. The van der Waals surface area contributed by atoms with Crippen molar-refractivity contribution in [1.29, 1.82) is 0 Å². The number of guanidine groups is 1. The third-order valence-electron chi connectivity index (χ3n) is 3.33. The van der Waals surface area contributed by atoms with Gasteiger partial charge in [0.25, 0.3) is 0 Å². The first-order valence-corrected chi connectivity index (χ1v) is 7.32. The number of hydrogen-bond donors (Lipinski definition) is 2. The molecule has 1 aliphatic heterocycles. The van der Waals surface area contributed by atoms with Crippen LogP contribution in [0.1, 0.15) is 19.1 Å². The van der Waals surface area contributed by atoms with Crippen LogP contribution in [-0.2, 0) is 6.54 Å². The molecule has 132 valence electrons. The summed E-state index contributed by atoms with van der Waals surface area (Å²) in [6.45, 7) is 2.96. The number of likely N-dealkylation sites (tertiary alicyclic amines) is 1. The van der Waals surface area contributed by atoms with Crippen molar-refractivity contribution >= 4 is 29.9 Å². The summed E-state index contributed by atoms with van der Waals surface area (Å²) in [6, 6.07) is 3.59. The van der Waals surface area contributed by atoms with Gasteiger partial charge in [-0.1, -0.05) is 0 Å². The number of hydrogen-bond acceptors (Lipinski definition) is 3. The van der Waals surface area contributed by atoms with Crippen molar-refractivity contribution in [2.45, 2.75) is 32.1 Å². The number of nitrogens with zero attached hydrogens (tertiary/aromatic N) is 2. The molecule has 1 aromatic heterocycles. The van der Waals surface area contributed by atoms with E-state index >= 15 is 0 Å². The molecule has 1 saturated heterocycles. The summed E-state index contributed by atoms with van der Waals surface area (Å²) in [5, 5.41) is 6.27. The number of aliphatic imine (C=N–C) groups is 1. The molecule has 9 heteroatoms. The van der Waals surface area contributed by atoms with E-state index in [0.29, 0.717) is 38.6 Å². The number of alkyl halides is 3. The molecule has 0 amide bonds. The quantitative estimate of drug-likeness (QED) is 0.415. The molecule has 1 unspecified atom stereocenters. The van der Waals surface area contributed by atoms with Crippen molar-refractivity contribution < 1.29 is 17.6 Å². The van der Waals surface area contributed by atoms with Gasteiger partial charge in [0.05, 0.1) is 12.8 Å². The summed E-state index contributed by atoms with van der Waals surface area (Å²) in [7, 11) is 0. The zero-order chi connectivity index (χ0) is 16.0. The summed E-state index contributed by atoms with van der Waals surface area (Å²) in [6.07, 6.45) is -1.90. The second-order valence-corrected chi connectivity index (χ2v) is 5.25. The van der Waals surface area contributed by atoms with Crippen LogP contribution in [-0.4, -0.2) is 49.3 Å². The Hall–Kier alpha value is -0.970. The van der Waals surface area contributed by atoms with Gasteiger partial charge in [-0.2, -0.15) is 13.2 Å². The van der Waals surface area contributed by atoms with Gasteiger partial charge < -0.3 is 15.1 Å². The first kappa shape index (κ1) is 20.1. The third-order valence-corrected chi connectivity index (χ3v) is 3.33. The molecule has 5 nitrogen and oxygen atoms in total. The molecule has 0 spiro atoms. The molecule has 1 fully saturated rings. The number of rotatable bonds is 5. The van der Waals surface area contributed by atoms with Gasteiger partial charge in [-0.25, -0.2) is 4.99 Å². The Morgan fingerprint density at radius 2 is 2.26 bits per heavy atom. The Kier molecular flexibility index (Phi) is 8.17. The lowest BCUT2D eigenvalue weighted by atomic mass is 10.3. The van der Waals surface area contributed by atoms with Crippen molar-refractivity contribution in [2.24, 2.45) is 4.99 Å². The van der Waals surface area contributed by atoms with Crippen LogP contribution in [0, 0.1) is 0 Å². The second kappa shape index (κ2) is 9.36. The minimum Gasteiger partial charge on any atom is -0.467 e. The zero-order valence-corrected chi connectivity index (χ0v) is 15.2. The second-order valence-electron chi connectivity index (χ2n) is 5.25. The van der Waals surface area contributed by atoms with Crippen LogP contribution < -0.4 is 10.6 Å². The lowest BCUT2D eigenvalue weighted by Gasteiger charge is -2.19. The smallest absolute Gasteiger partial charge is 0.401 e. The minimum absolute atomic E-state index is 0. The highest BCUT2D eigenvalue weighted by atomic mass is 127. The molecule has 0 bridgehead atoms. The highest BCUT2D eigenvalue weighted by Crippen LogP contribution is 2.19. The summed E-state index contributed by atoms with van der Waals surface area (Å²) in [5.74, 6) is 1.33. The largest absolute Gasteiger partial charge is 0.467 e. The van der Waals surface area contributed by atoms with Gasteiger partial charge in [0.15, 0.2) is 5.96 Å². The molecule has 0 aromatic carbocycles. The maximum absolute atomic E-state index is 12.4. The highest BCUT2D eigenvalue weighted by Gasteiger charge is 2.34. The molecule has 23 heavy (non-hydrogen) atoms. The van der Waals surface area contributed by atoms with Gasteiger partial charge in [-0.3, -0.25) is 4.90 Å². The van der Waals surface area contributed by atoms with E-state index in [2.05, 4.69) is 15.6 Å². The first-order valence-electron chi connectivity index (χ1n) is 7.32. The third kappa shape index (κ3) is 7.42. The van der Waals surface area contributed by atoms with Crippen LogP contribution in [0.25, 0.3) is 0 Å². The Bertz CT molecular complexity index is 479. The highest BCUT2D eigenvalue weighted by molar-refractivity contribution is 14.0. The maximum atomic E-state index is 12.4. The van der Waals surface area contributed by atoms with E-state index in [-0.39, 0.29) is 30.0 Å². The lowest BCUT2D eigenvalue weighted by molar-refractivity contribution is -0.143. The maximum Gasteiger partial charge on any atom is 0.401 e. The van der Waals surface area contributed by atoms with Crippen LogP contribution in [0.15, 0.2) is 27.8 Å². The summed E-state index contributed by atoms with van der Waals surface area (Å²) < 4.78 is 42.4. The molecule has 1 aromatic rings. The molecule has 2 heterocycles. The Labute approximate surface area is 150 Å². The van der Waals surface area contributed by atoms with Crippen molar-refractivity contribution in [3.8, 4) is 0 Å². The fraction of sp³-hybridized carbons (Fsp3) is 0.643. The molecule has 0 saturated carbocycles. The van der Waals surface area contributed by atoms with Gasteiger partial charge in [0.2, 0.25) is 0 Å². The van der Waals surface area contributed by atoms with E-state index < -0.39 is 12.7 Å². The van der Waals surface area contributed by atoms with Gasteiger partial charge in [-0.05, 0) is 25.5 Å². The summed E-state index contributed by atoms with van der Waals surface area (Å²) in [4.78, 5) is 5.79. The molecule has 0 aliphatic carbocycles. The van der Waals surface area contributed by atoms with Gasteiger partial charge in [0, 0.05) is 25.7 Å². The van der Waals surface area contributed by atoms with E-state index in [0.717, 1.165) is 5.76 Å². The Morgan fingerprint density at radius 3 is 2.87 bits per heavy atom. The predicted octanol–water partition coefficient (Wildman–Crippen LogP) is 2.59. The SMILES string of the molecule is CCNC(=NCc1ccco1)NC1CCN(CC(F)(F)F)C1.I. The number of nitrogens with one attached hydrogen (secondary N) is 2. The monoisotopic (exact) mass is 446 g/mol. The van der Waals surface area contributed by atoms with Crippen LogP contribution in [0.4, 0.5) is 13.2 Å². The van der Waals surface area contributed by atoms with Crippen molar-refractivity contribution in [3.63, 3.8) is 0 Å². The van der Waals surface area contributed by atoms with Crippen LogP contribution in [0.5, 0.6) is 0 Å². The van der Waals surface area contributed by atoms with Crippen molar-refractivity contribution in [1.82, 2.24) is 15.5 Å². The van der Waals surface area contributed by atoms with E-state index in [1.54, 1.807) is 12.3 Å². The van der Waals surface area contributed by atoms with Crippen LogP contribution >= 0.6 is 24.0 Å². The topological polar surface area (TPSA) is 52.8 Å². The molecule has 1 aliphatic rings. The number of furan rings is 1. The first-order chi connectivity index (χ1) is 10.5. The molecule has 1 atom stereocenters. The van der Waals surface area contributed by atoms with Crippen LogP contribution in [0.3, 0.4) is 0 Å². The predicted molar refractivity (Wildman–Crippen MR) is 93.0 cm³/mol. The van der Waals surface area contributed by atoms with E-state index in [1.807, 2.05) is 13.0 Å². The van der Waals surface area contributed by atoms with Gasteiger partial charge in [-0.15, -0.1) is 24.0 Å². The molecule has 2 N–H and O–H groups in total. The Balaban J connectivity index is 0.00000264. The molecular formula is C14H22F3IN4O. The normalized spacial score (nSPS) is 19.5. The fourth-order valence-electron chi connectivity index (χ4n) is 2.42. The molecule has 2 rings (SSSR count). The average Bonchev–Trinajstić information content (AvgIpc) is 3.06. The van der Waals surface area contributed by atoms with Crippen molar-refractivity contribution in [2.75, 3.05) is 26.2 Å². The van der Waals surface area contributed by atoms with Gasteiger partial charge in [0.1, 0.15) is 12.3 Å². The van der Waals surface area contributed by atoms with Gasteiger partial charge >= 0.3 is 6.18 Å². The van der Waals surface area contributed by atoms with Crippen LogP contribution in [0.2, 0.25) is 0 Å². The number of halogens is 4. The standard InChI is InChI=1S/C14H21F3N4O.HI/c1-2-18-13(19-8-12-4-3-7-22-12)20-11-5-6-21(9-11)10-14(15,16)17;/h3-4,7,11H,2,5-6,8-10H2,1H3,(H2,18,19,20);1H. The van der Waals surface area contributed by atoms with E-state index in [9.17, 15) is 13.2 Å². The Morgan fingerprint density at radius 1 is 1.48 bits per heavy atom. The molecule has 0 radical (unpaired) electrons. The average molecular weight is 446 g/mol. The lowest BCUT2D eigenvalue weighted by Crippen LogP contribution is -2.45. The fourth-order valence-corrected chi connectivity index (χ4v) is 2.42. The van der Waals surface area contributed by atoms with Crippen molar-refractivity contribution in [3.05, 3.63) is 24.2 Å². The molecular weight excluding hydrogens is 424 g/mol. The van der Waals surface area contributed by atoms with E-state index in [4.69, 9.17) is 4.42 Å². The zero-order valence-electron chi connectivity index (χ0n) is 12.9. The summed E-state index contributed by atoms with van der Waals surface area (Å²) >= 11 is 0. The van der Waals surface area contributed by atoms with E-state index in [1.165, 1.54) is 4.90 Å².